The summed E-state index contributed by atoms with van der Waals surface area (Å²) in [6.07, 6.45) is 0.247. The van der Waals surface area contributed by atoms with Gasteiger partial charge in [0.15, 0.2) is 11.5 Å². The average Bonchev–Trinajstić information content (AvgIpc) is 2.62. The summed E-state index contributed by atoms with van der Waals surface area (Å²) >= 11 is 0. The molecule has 3 rings (SSSR count). The van der Waals surface area contributed by atoms with Crippen molar-refractivity contribution < 1.29 is 29.3 Å². The summed E-state index contributed by atoms with van der Waals surface area (Å²) in [4.78, 5) is 24.0. The molecule has 0 aliphatic carbocycles. The lowest BCUT2D eigenvalue weighted by Gasteiger charge is -2.28. The normalized spacial score (nSPS) is 17.5. The van der Waals surface area contributed by atoms with Gasteiger partial charge in [-0.05, 0) is 38.1 Å². The second-order valence-corrected chi connectivity index (χ2v) is 6.21. The van der Waals surface area contributed by atoms with Crippen LogP contribution in [0.3, 0.4) is 0 Å². The molecule has 1 atom stereocenters. The minimum atomic E-state index is -1.25. The molecule has 0 spiro atoms. The van der Waals surface area contributed by atoms with Gasteiger partial charge in [0.2, 0.25) is 6.29 Å². The molecule has 7 nitrogen and oxygen atoms in total. The van der Waals surface area contributed by atoms with Crippen molar-refractivity contribution in [2.24, 2.45) is 0 Å². The number of fused-ring (bicyclic) bond motifs is 1. The molecule has 1 aliphatic rings. The molecular formula is C20H19NO6. The quantitative estimate of drug-likeness (QED) is 0.548. The fourth-order valence-corrected chi connectivity index (χ4v) is 2.67. The first-order chi connectivity index (χ1) is 12.9. The average molecular weight is 369 g/mol. The van der Waals surface area contributed by atoms with Crippen LogP contribution in [0.4, 0.5) is 5.69 Å². The zero-order chi connectivity index (χ0) is 19.6. The first-order valence-corrected chi connectivity index (χ1v) is 8.36. The topological polar surface area (TPSA) is 105 Å². The van der Waals surface area contributed by atoms with Crippen LogP contribution in [0, 0.1) is 0 Å². The van der Waals surface area contributed by atoms with Gasteiger partial charge >= 0.3 is 5.97 Å². The van der Waals surface area contributed by atoms with Gasteiger partial charge in [-0.1, -0.05) is 18.2 Å². The van der Waals surface area contributed by atoms with Gasteiger partial charge in [0, 0.05) is 6.20 Å². The van der Waals surface area contributed by atoms with E-state index in [2.05, 4.69) is 5.32 Å². The number of carbonyl (C=O) groups is 2. The number of ketones is 1. The Bertz CT molecular complexity index is 918. The molecule has 1 aliphatic heterocycles. The zero-order valence-corrected chi connectivity index (χ0v) is 14.8. The van der Waals surface area contributed by atoms with Crippen molar-refractivity contribution in [2.45, 2.75) is 26.2 Å². The van der Waals surface area contributed by atoms with E-state index >= 15 is 0 Å². The second kappa shape index (κ2) is 7.51. The third-order valence-corrected chi connectivity index (χ3v) is 3.93. The van der Waals surface area contributed by atoms with E-state index in [-0.39, 0.29) is 28.7 Å². The van der Waals surface area contributed by atoms with Crippen molar-refractivity contribution in [1.82, 2.24) is 0 Å². The van der Waals surface area contributed by atoms with Gasteiger partial charge in [0.05, 0.1) is 22.9 Å². The zero-order valence-electron chi connectivity index (χ0n) is 14.8. The predicted molar refractivity (Wildman–Crippen MR) is 98.2 cm³/mol. The van der Waals surface area contributed by atoms with E-state index in [1.165, 1.54) is 24.4 Å². The van der Waals surface area contributed by atoms with Crippen LogP contribution in [0.5, 0.6) is 11.5 Å². The number of Topliss-reactive ketones (excluding diaryl/α,β-unsaturated/α-hetero) is 1. The van der Waals surface area contributed by atoms with Gasteiger partial charge in [-0.3, -0.25) is 4.79 Å². The highest BCUT2D eigenvalue weighted by Crippen LogP contribution is 2.32. The van der Waals surface area contributed by atoms with Crippen molar-refractivity contribution in [3.05, 3.63) is 65.4 Å². The molecular weight excluding hydrogens is 350 g/mol. The summed E-state index contributed by atoms with van der Waals surface area (Å²) in [7, 11) is 0. The van der Waals surface area contributed by atoms with Crippen LogP contribution in [0.15, 0.2) is 54.2 Å². The summed E-state index contributed by atoms with van der Waals surface area (Å²) in [6.45, 7) is 3.64. The van der Waals surface area contributed by atoms with E-state index < -0.39 is 18.0 Å². The first kappa shape index (κ1) is 18.5. The van der Waals surface area contributed by atoms with Crippen LogP contribution in [0.2, 0.25) is 0 Å². The maximum Gasteiger partial charge on any atom is 0.339 e. The third-order valence-electron chi connectivity index (χ3n) is 3.93. The van der Waals surface area contributed by atoms with Crippen LogP contribution in [-0.4, -0.2) is 34.4 Å². The fraction of sp³-hybridized carbons (Fsp3) is 0.200. The maximum atomic E-state index is 12.9. The summed E-state index contributed by atoms with van der Waals surface area (Å²) in [5.74, 6) is -1.52. The van der Waals surface area contributed by atoms with Crippen LogP contribution in [0.1, 0.15) is 34.6 Å². The van der Waals surface area contributed by atoms with E-state index in [4.69, 9.17) is 14.6 Å². The number of hydrogen-bond acceptors (Lipinski definition) is 6. The smallest absolute Gasteiger partial charge is 0.339 e. The summed E-state index contributed by atoms with van der Waals surface area (Å²) in [5.41, 5.74) is 0.516. The Labute approximate surface area is 155 Å². The Morgan fingerprint density at radius 3 is 2.67 bits per heavy atom. The van der Waals surface area contributed by atoms with Gasteiger partial charge in [-0.25, -0.2) is 4.79 Å². The van der Waals surface area contributed by atoms with Crippen LogP contribution >= 0.6 is 0 Å². The maximum absolute atomic E-state index is 12.9. The number of rotatable bonds is 5. The number of carboxylic acids is 1. The highest BCUT2D eigenvalue weighted by atomic mass is 16.7. The van der Waals surface area contributed by atoms with Crippen molar-refractivity contribution in [3.63, 3.8) is 0 Å². The van der Waals surface area contributed by atoms with Crippen molar-refractivity contribution in [3.8, 4) is 11.5 Å². The molecule has 0 aromatic heterocycles. The minimum Gasteiger partial charge on any atom is -0.505 e. The SMILES string of the molecule is CC(C)O[C@@H]1Oc2ccccc2C(=O)/C1=C/Nc1cccc(C(=O)O)c1O. The summed E-state index contributed by atoms with van der Waals surface area (Å²) in [6, 6.07) is 11.1. The highest BCUT2D eigenvalue weighted by molar-refractivity contribution is 6.12. The fourth-order valence-electron chi connectivity index (χ4n) is 2.67. The Hall–Kier alpha value is -3.32. The van der Waals surface area contributed by atoms with E-state index in [0.717, 1.165) is 0 Å². The predicted octanol–water partition coefficient (Wildman–Crippen LogP) is 3.41. The number of carboxylic acid groups (broad SMARTS) is 1. The van der Waals surface area contributed by atoms with E-state index in [9.17, 15) is 14.7 Å². The molecule has 2 aromatic carbocycles. The van der Waals surface area contributed by atoms with Crippen LogP contribution < -0.4 is 10.1 Å². The van der Waals surface area contributed by atoms with Crippen molar-refractivity contribution >= 4 is 17.4 Å². The number of anilines is 1. The molecule has 7 heteroatoms. The molecule has 0 fully saturated rings. The summed E-state index contributed by atoms with van der Waals surface area (Å²) in [5, 5.41) is 22.0. The molecule has 0 saturated heterocycles. The Balaban J connectivity index is 1.96. The number of aromatic carboxylic acids is 1. The largest absolute Gasteiger partial charge is 0.505 e. The molecule has 27 heavy (non-hydrogen) atoms. The van der Waals surface area contributed by atoms with Gasteiger partial charge < -0.3 is 25.0 Å². The lowest BCUT2D eigenvalue weighted by atomic mass is 10.00. The van der Waals surface area contributed by atoms with E-state index in [1.807, 2.05) is 13.8 Å². The third kappa shape index (κ3) is 3.78. The Morgan fingerprint density at radius 2 is 1.96 bits per heavy atom. The minimum absolute atomic E-state index is 0.150. The number of phenols is 1. The number of carbonyl (C=O) groups excluding carboxylic acids is 1. The molecule has 0 unspecified atom stereocenters. The standard InChI is InChI=1S/C20H19NO6/c1-11(2)26-20-14(17(22)12-6-3-4-9-16(12)27-20)10-21-15-8-5-7-13(18(15)23)19(24)25/h3-11,20-21,23H,1-2H3,(H,24,25)/b14-10-/t20-/m1/s1. The number of aromatic hydroxyl groups is 1. The van der Waals surface area contributed by atoms with Crippen molar-refractivity contribution in [2.75, 3.05) is 5.32 Å². The van der Waals surface area contributed by atoms with Crippen LogP contribution in [0.25, 0.3) is 0 Å². The molecule has 0 saturated carbocycles. The highest BCUT2D eigenvalue weighted by Gasteiger charge is 2.33. The molecule has 3 N–H and O–H groups in total. The summed E-state index contributed by atoms with van der Waals surface area (Å²) < 4.78 is 11.5. The van der Waals surface area contributed by atoms with E-state index in [0.29, 0.717) is 11.3 Å². The van der Waals surface area contributed by atoms with Gasteiger partial charge in [0.1, 0.15) is 11.3 Å². The lowest BCUT2D eigenvalue weighted by Crippen LogP contribution is -2.34. The first-order valence-electron chi connectivity index (χ1n) is 8.36. The molecule has 140 valence electrons. The second-order valence-electron chi connectivity index (χ2n) is 6.21. The van der Waals surface area contributed by atoms with Gasteiger partial charge in [-0.15, -0.1) is 0 Å². The molecule has 0 radical (unpaired) electrons. The number of hydrogen-bond donors (Lipinski definition) is 3. The van der Waals surface area contributed by atoms with E-state index in [1.54, 1.807) is 24.3 Å². The molecule has 0 amide bonds. The number of ether oxygens (including phenoxy) is 2. The molecule has 1 heterocycles. The van der Waals surface area contributed by atoms with Gasteiger partial charge in [-0.2, -0.15) is 0 Å². The number of para-hydroxylation sites is 2. The number of benzene rings is 2. The van der Waals surface area contributed by atoms with Gasteiger partial charge in [0.25, 0.3) is 0 Å². The lowest BCUT2D eigenvalue weighted by molar-refractivity contribution is -0.0847. The Kier molecular flexibility index (Phi) is 5.14. The molecule has 2 aromatic rings. The Morgan fingerprint density at radius 1 is 1.22 bits per heavy atom. The monoisotopic (exact) mass is 369 g/mol. The van der Waals surface area contributed by atoms with Crippen molar-refractivity contribution in [1.29, 1.82) is 0 Å². The van der Waals surface area contributed by atoms with Crippen LogP contribution in [-0.2, 0) is 4.74 Å². The molecule has 0 bridgehead atoms. The number of nitrogens with one attached hydrogen (secondary N) is 1.